The van der Waals surface area contributed by atoms with Crippen LogP contribution in [0.5, 0.6) is 0 Å². The van der Waals surface area contributed by atoms with Crippen molar-refractivity contribution in [1.29, 1.82) is 0 Å². The van der Waals surface area contributed by atoms with Crippen LogP contribution < -0.4 is 5.32 Å². The highest BCUT2D eigenvalue weighted by Gasteiger charge is 2.13. The fourth-order valence-corrected chi connectivity index (χ4v) is 2.20. The molecule has 1 saturated heterocycles. The Hall–Kier alpha value is -0.620. The smallest absolute Gasteiger partial charge is 0.174 e. The van der Waals surface area contributed by atoms with Crippen LogP contribution in [0, 0.1) is 0 Å². The molecular weight excluding hydrogens is 273 g/mol. The monoisotopic (exact) mass is 289 g/mol. The minimum Gasteiger partial charge on any atom is -0.381 e. The first kappa shape index (κ1) is 13.8. The number of nitrogens with zero attached hydrogens (tertiary/aromatic N) is 4. The third-order valence-electron chi connectivity index (χ3n) is 3.06. The van der Waals surface area contributed by atoms with E-state index in [1.165, 1.54) is 0 Å². The summed E-state index contributed by atoms with van der Waals surface area (Å²) >= 11 is 11.7. The molecule has 0 saturated carbocycles. The second kappa shape index (κ2) is 6.52. The molecule has 1 fully saturated rings. The summed E-state index contributed by atoms with van der Waals surface area (Å²) in [6, 6.07) is 1.70. The molecule has 0 radical (unpaired) electrons. The molecule has 1 aliphatic heterocycles. The van der Waals surface area contributed by atoms with Gasteiger partial charge >= 0.3 is 0 Å². The number of aromatic nitrogens is 2. The molecule has 0 aliphatic carbocycles. The van der Waals surface area contributed by atoms with Crippen molar-refractivity contribution in [2.45, 2.75) is 0 Å². The summed E-state index contributed by atoms with van der Waals surface area (Å²) < 4.78 is 0. The Labute approximate surface area is 117 Å². The molecule has 2 rings (SSSR count). The van der Waals surface area contributed by atoms with E-state index in [0.717, 1.165) is 45.0 Å². The molecule has 1 aromatic rings. The molecule has 2 heterocycles. The van der Waals surface area contributed by atoms with Gasteiger partial charge in [0.2, 0.25) is 0 Å². The minimum atomic E-state index is 0.349. The van der Waals surface area contributed by atoms with Gasteiger partial charge in [0.05, 0.1) is 5.69 Å². The van der Waals surface area contributed by atoms with Crippen LogP contribution in [-0.2, 0) is 0 Å². The lowest BCUT2D eigenvalue weighted by Gasteiger charge is -2.32. The standard InChI is InChI=1S/C11H17Cl2N5/c1-17-4-6-18(7-5-17)3-2-14-9-8-10(12)15-16-11(9)13/h8H,2-7H2,1H3,(H,14,15). The molecular formula is C11H17Cl2N5. The van der Waals surface area contributed by atoms with Gasteiger partial charge in [-0.1, -0.05) is 23.2 Å². The Morgan fingerprint density at radius 1 is 1.22 bits per heavy atom. The summed E-state index contributed by atoms with van der Waals surface area (Å²) in [4.78, 5) is 4.77. The molecule has 7 heteroatoms. The first-order chi connectivity index (χ1) is 8.65. The van der Waals surface area contributed by atoms with Crippen LogP contribution in [0.1, 0.15) is 0 Å². The van der Waals surface area contributed by atoms with E-state index in [1.54, 1.807) is 6.07 Å². The summed E-state index contributed by atoms with van der Waals surface area (Å²) in [5.74, 6) is 0. The molecule has 1 N–H and O–H groups in total. The number of piperazine rings is 1. The van der Waals surface area contributed by atoms with Gasteiger partial charge in [-0.05, 0) is 7.05 Å². The van der Waals surface area contributed by atoms with Crippen LogP contribution in [0.2, 0.25) is 10.3 Å². The summed E-state index contributed by atoms with van der Waals surface area (Å²) in [5.41, 5.74) is 0.741. The van der Waals surface area contributed by atoms with Crippen LogP contribution in [-0.4, -0.2) is 66.3 Å². The van der Waals surface area contributed by atoms with Crippen molar-refractivity contribution in [2.75, 3.05) is 51.6 Å². The summed E-state index contributed by atoms with van der Waals surface area (Å²) in [5, 5.41) is 11.4. The number of anilines is 1. The van der Waals surface area contributed by atoms with Crippen molar-refractivity contribution in [1.82, 2.24) is 20.0 Å². The molecule has 5 nitrogen and oxygen atoms in total. The molecule has 1 aliphatic rings. The lowest BCUT2D eigenvalue weighted by Crippen LogP contribution is -2.45. The number of halogens is 2. The number of rotatable bonds is 4. The van der Waals surface area contributed by atoms with Crippen molar-refractivity contribution in [3.05, 3.63) is 16.4 Å². The molecule has 0 amide bonds. The first-order valence-electron chi connectivity index (χ1n) is 5.98. The Bertz CT molecular complexity index is 393. The summed E-state index contributed by atoms with van der Waals surface area (Å²) in [7, 11) is 2.15. The number of hydrogen-bond acceptors (Lipinski definition) is 5. The van der Waals surface area contributed by atoms with E-state index < -0.39 is 0 Å². The zero-order chi connectivity index (χ0) is 13.0. The Balaban J connectivity index is 1.76. The Morgan fingerprint density at radius 2 is 1.94 bits per heavy atom. The quantitative estimate of drug-likeness (QED) is 0.909. The Morgan fingerprint density at radius 3 is 2.67 bits per heavy atom. The maximum absolute atomic E-state index is 5.92. The van der Waals surface area contributed by atoms with Crippen LogP contribution in [0.4, 0.5) is 5.69 Å². The van der Waals surface area contributed by atoms with Crippen LogP contribution in [0.3, 0.4) is 0 Å². The van der Waals surface area contributed by atoms with E-state index in [2.05, 4.69) is 32.4 Å². The Kier molecular flexibility index (Phi) is 5.00. The van der Waals surface area contributed by atoms with E-state index in [4.69, 9.17) is 23.2 Å². The second-order valence-corrected chi connectivity index (χ2v) is 5.19. The van der Waals surface area contributed by atoms with E-state index >= 15 is 0 Å². The third-order valence-corrected chi connectivity index (χ3v) is 3.52. The third kappa shape index (κ3) is 3.95. The molecule has 0 aromatic carbocycles. The van der Waals surface area contributed by atoms with Gasteiger partial charge in [0.15, 0.2) is 10.3 Å². The van der Waals surface area contributed by atoms with E-state index in [9.17, 15) is 0 Å². The summed E-state index contributed by atoms with van der Waals surface area (Å²) in [6.07, 6.45) is 0. The molecule has 1 aromatic heterocycles. The zero-order valence-corrected chi connectivity index (χ0v) is 11.9. The maximum Gasteiger partial charge on any atom is 0.174 e. The summed E-state index contributed by atoms with van der Waals surface area (Å²) in [6.45, 7) is 6.30. The first-order valence-corrected chi connectivity index (χ1v) is 6.74. The van der Waals surface area contributed by atoms with Crippen LogP contribution >= 0.6 is 23.2 Å². The molecule has 0 atom stereocenters. The molecule has 100 valence electrons. The lowest BCUT2D eigenvalue weighted by atomic mass is 10.3. The minimum absolute atomic E-state index is 0.349. The highest BCUT2D eigenvalue weighted by molar-refractivity contribution is 6.33. The number of nitrogens with one attached hydrogen (secondary N) is 1. The topological polar surface area (TPSA) is 44.3 Å². The highest BCUT2D eigenvalue weighted by atomic mass is 35.5. The van der Waals surface area contributed by atoms with Gasteiger partial charge in [0.25, 0.3) is 0 Å². The maximum atomic E-state index is 5.92. The molecule has 0 spiro atoms. The lowest BCUT2D eigenvalue weighted by molar-refractivity contribution is 0.158. The van der Waals surface area contributed by atoms with Crippen molar-refractivity contribution >= 4 is 28.9 Å². The van der Waals surface area contributed by atoms with Crippen molar-refractivity contribution < 1.29 is 0 Å². The van der Waals surface area contributed by atoms with Gasteiger partial charge in [-0.25, -0.2) is 0 Å². The molecule has 18 heavy (non-hydrogen) atoms. The average Bonchev–Trinajstić information content (AvgIpc) is 2.36. The fourth-order valence-electron chi connectivity index (χ4n) is 1.90. The predicted octanol–water partition coefficient (Wildman–Crippen LogP) is 1.44. The van der Waals surface area contributed by atoms with E-state index in [0.29, 0.717) is 10.3 Å². The van der Waals surface area contributed by atoms with Gasteiger partial charge < -0.3 is 10.2 Å². The second-order valence-electron chi connectivity index (χ2n) is 4.44. The zero-order valence-electron chi connectivity index (χ0n) is 10.4. The number of hydrogen-bond donors (Lipinski definition) is 1. The normalized spacial score (nSPS) is 17.9. The SMILES string of the molecule is CN1CCN(CCNc2cc(Cl)nnc2Cl)CC1. The van der Waals surface area contributed by atoms with Gasteiger partial charge in [-0.3, -0.25) is 4.90 Å². The van der Waals surface area contributed by atoms with Crippen LogP contribution in [0.15, 0.2) is 6.07 Å². The molecule has 0 bridgehead atoms. The highest BCUT2D eigenvalue weighted by Crippen LogP contribution is 2.20. The van der Waals surface area contributed by atoms with E-state index in [1.807, 2.05) is 0 Å². The van der Waals surface area contributed by atoms with Crippen molar-refractivity contribution in [3.8, 4) is 0 Å². The largest absolute Gasteiger partial charge is 0.381 e. The van der Waals surface area contributed by atoms with Gasteiger partial charge in [0.1, 0.15) is 0 Å². The fraction of sp³-hybridized carbons (Fsp3) is 0.636. The molecule has 0 unspecified atom stereocenters. The van der Waals surface area contributed by atoms with Gasteiger partial charge in [0, 0.05) is 45.3 Å². The van der Waals surface area contributed by atoms with Gasteiger partial charge in [-0.15, -0.1) is 10.2 Å². The van der Waals surface area contributed by atoms with E-state index in [-0.39, 0.29) is 0 Å². The van der Waals surface area contributed by atoms with Crippen LogP contribution in [0.25, 0.3) is 0 Å². The number of likely N-dealkylation sites (N-methyl/N-ethyl adjacent to an activating group) is 1. The van der Waals surface area contributed by atoms with Crippen molar-refractivity contribution in [2.24, 2.45) is 0 Å². The van der Waals surface area contributed by atoms with Gasteiger partial charge in [-0.2, -0.15) is 0 Å². The average molecular weight is 290 g/mol. The predicted molar refractivity (Wildman–Crippen MR) is 74.5 cm³/mol. The van der Waals surface area contributed by atoms with Crippen molar-refractivity contribution in [3.63, 3.8) is 0 Å².